The first kappa shape index (κ1) is 20.4. The summed E-state index contributed by atoms with van der Waals surface area (Å²) in [7, 11) is 0. The van der Waals surface area contributed by atoms with E-state index in [0.29, 0.717) is 37.3 Å². The Morgan fingerprint density at radius 1 is 1.18 bits per heavy atom. The number of carbonyl (C=O) groups excluding carboxylic acids is 2. The zero-order chi connectivity index (χ0) is 20.1. The van der Waals surface area contributed by atoms with Crippen molar-refractivity contribution in [3.63, 3.8) is 0 Å². The molecule has 8 heteroatoms. The highest BCUT2D eigenvalue weighted by Gasteiger charge is 2.26. The van der Waals surface area contributed by atoms with Gasteiger partial charge in [0.05, 0.1) is 6.61 Å². The number of nitrogens with zero attached hydrogens (tertiary/aromatic N) is 4. The van der Waals surface area contributed by atoms with Crippen LogP contribution in [0.4, 0.5) is 10.7 Å². The van der Waals surface area contributed by atoms with Crippen molar-refractivity contribution in [1.29, 1.82) is 0 Å². The molecule has 28 heavy (non-hydrogen) atoms. The Morgan fingerprint density at radius 2 is 1.93 bits per heavy atom. The van der Waals surface area contributed by atoms with Gasteiger partial charge in [0.15, 0.2) is 0 Å². The number of rotatable bonds is 4. The standard InChI is InChI=1S/C20H31N5O3/c1-4-28-20(27)24-10-7-16(8-11-24)22-19-21-15(3)12-17(23-19)18(26)25-9-5-6-14(2)13-25/h12,14,16H,4-11,13H2,1-3H3,(H,21,22,23). The Bertz CT molecular complexity index is 703. The third-order valence-electron chi connectivity index (χ3n) is 5.37. The number of hydrogen-bond donors (Lipinski definition) is 1. The monoisotopic (exact) mass is 389 g/mol. The molecule has 1 aromatic rings. The maximum Gasteiger partial charge on any atom is 0.409 e. The molecule has 2 aliphatic heterocycles. The van der Waals surface area contributed by atoms with Gasteiger partial charge in [-0.3, -0.25) is 4.79 Å². The first-order valence-corrected chi connectivity index (χ1v) is 10.3. The molecule has 0 saturated carbocycles. The van der Waals surface area contributed by atoms with Crippen LogP contribution in [0.25, 0.3) is 0 Å². The molecule has 2 saturated heterocycles. The summed E-state index contributed by atoms with van der Waals surface area (Å²) in [4.78, 5) is 37.3. The van der Waals surface area contributed by atoms with Crippen LogP contribution in [0, 0.1) is 12.8 Å². The molecule has 0 aliphatic carbocycles. The van der Waals surface area contributed by atoms with Crippen molar-refractivity contribution in [2.75, 3.05) is 38.1 Å². The van der Waals surface area contributed by atoms with E-state index in [9.17, 15) is 9.59 Å². The average Bonchev–Trinajstić information content (AvgIpc) is 2.67. The van der Waals surface area contributed by atoms with Gasteiger partial charge < -0.3 is 19.9 Å². The van der Waals surface area contributed by atoms with E-state index in [1.54, 1.807) is 11.0 Å². The topological polar surface area (TPSA) is 87.7 Å². The summed E-state index contributed by atoms with van der Waals surface area (Å²) >= 11 is 0. The van der Waals surface area contributed by atoms with Gasteiger partial charge in [0.25, 0.3) is 5.91 Å². The van der Waals surface area contributed by atoms with Crippen molar-refractivity contribution >= 4 is 17.9 Å². The molecule has 1 N–H and O–H groups in total. The molecular weight excluding hydrogens is 358 g/mol. The van der Waals surface area contributed by atoms with E-state index in [1.807, 2.05) is 18.7 Å². The maximum absolute atomic E-state index is 12.9. The molecule has 2 fully saturated rings. The van der Waals surface area contributed by atoms with E-state index >= 15 is 0 Å². The highest BCUT2D eigenvalue weighted by molar-refractivity contribution is 5.92. The Hall–Kier alpha value is -2.38. The largest absolute Gasteiger partial charge is 0.450 e. The van der Waals surface area contributed by atoms with E-state index < -0.39 is 0 Å². The van der Waals surface area contributed by atoms with Gasteiger partial charge in [-0.2, -0.15) is 0 Å². The summed E-state index contributed by atoms with van der Waals surface area (Å²) in [5.41, 5.74) is 1.22. The second-order valence-electron chi connectivity index (χ2n) is 7.82. The predicted octanol–water partition coefficient (Wildman–Crippen LogP) is 2.69. The molecule has 8 nitrogen and oxygen atoms in total. The van der Waals surface area contributed by atoms with E-state index in [1.165, 1.54) is 6.42 Å². The lowest BCUT2D eigenvalue weighted by atomic mass is 10.00. The quantitative estimate of drug-likeness (QED) is 0.852. The van der Waals surface area contributed by atoms with Gasteiger partial charge in [-0.15, -0.1) is 0 Å². The van der Waals surface area contributed by atoms with Gasteiger partial charge in [-0.25, -0.2) is 14.8 Å². The fraction of sp³-hybridized carbons (Fsp3) is 0.700. The van der Waals surface area contributed by atoms with Crippen molar-refractivity contribution in [2.45, 2.75) is 52.5 Å². The molecule has 0 aromatic carbocycles. The maximum atomic E-state index is 12.9. The number of amides is 2. The van der Waals surface area contributed by atoms with Gasteiger partial charge in [-0.05, 0) is 51.5 Å². The predicted molar refractivity (Wildman–Crippen MR) is 106 cm³/mol. The van der Waals surface area contributed by atoms with E-state index in [0.717, 1.165) is 38.0 Å². The van der Waals surface area contributed by atoms with E-state index in [4.69, 9.17) is 4.74 Å². The molecule has 0 radical (unpaired) electrons. The fourth-order valence-corrected chi connectivity index (χ4v) is 3.88. The molecule has 3 heterocycles. The second-order valence-corrected chi connectivity index (χ2v) is 7.82. The third kappa shape index (κ3) is 5.11. The number of ether oxygens (including phenoxy) is 1. The molecule has 2 aliphatic rings. The normalized spacial score (nSPS) is 20.8. The lowest BCUT2D eigenvalue weighted by molar-refractivity contribution is 0.0676. The summed E-state index contributed by atoms with van der Waals surface area (Å²) in [6.07, 6.45) is 3.55. The summed E-state index contributed by atoms with van der Waals surface area (Å²) < 4.78 is 5.06. The summed E-state index contributed by atoms with van der Waals surface area (Å²) in [6, 6.07) is 1.93. The van der Waals surface area contributed by atoms with Crippen LogP contribution in [0.5, 0.6) is 0 Å². The highest BCUT2D eigenvalue weighted by Crippen LogP contribution is 2.19. The number of anilines is 1. The van der Waals surface area contributed by atoms with Gasteiger partial charge >= 0.3 is 6.09 Å². The molecule has 1 atom stereocenters. The number of piperidine rings is 2. The Kier molecular flexibility index (Phi) is 6.70. The molecule has 1 unspecified atom stereocenters. The van der Waals surface area contributed by atoms with Crippen molar-refractivity contribution in [3.05, 3.63) is 17.5 Å². The van der Waals surface area contributed by atoms with Crippen LogP contribution in [0.1, 0.15) is 55.7 Å². The summed E-state index contributed by atoms with van der Waals surface area (Å²) in [6.45, 7) is 9.12. The van der Waals surface area contributed by atoms with Crippen LogP contribution < -0.4 is 5.32 Å². The van der Waals surface area contributed by atoms with Crippen molar-refractivity contribution in [1.82, 2.24) is 19.8 Å². The Labute approximate surface area is 166 Å². The number of hydrogen-bond acceptors (Lipinski definition) is 6. The lowest BCUT2D eigenvalue weighted by Gasteiger charge is -2.32. The minimum absolute atomic E-state index is 0.0165. The SMILES string of the molecule is CCOC(=O)N1CCC(Nc2nc(C)cc(C(=O)N3CCCC(C)C3)n2)CC1. The van der Waals surface area contributed by atoms with Crippen molar-refractivity contribution < 1.29 is 14.3 Å². The number of likely N-dealkylation sites (tertiary alicyclic amines) is 2. The minimum atomic E-state index is -0.253. The zero-order valence-electron chi connectivity index (χ0n) is 17.1. The van der Waals surface area contributed by atoms with Gasteiger partial charge in [0, 0.05) is 37.9 Å². The molecule has 0 bridgehead atoms. The second kappa shape index (κ2) is 9.21. The molecule has 3 rings (SSSR count). The first-order valence-electron chi connectivity index (χ1n) is 10.3. The average molecular weight is 390 g/mol. The van der Waals surface area contributed by atoms with Crippen LogP contribution in [0.15, 0.2) is 6.07 Å². The fourth-order valence-electron chi connectivity index (χ4n) is 3.88. The number of nitrogens with one attached hydrogen (secondary N) is 1. The number of carbonyl (C=O) groups is 2. The third-order valence-corrected chi connectivity index (χ3v) is 5.37. The van der Waals surface area contributed by atoms with E-state index in [-0.39, 0.29) is 18.0 Å². The lowest BCUT2D eigenvalue weighted by Crippen LogP contribution is -2.43. The van der Waals surface area contributed by atoms with Gasteiger partial charge in [0.2, 0.25) is 5.95 Å². The van der Waals surface area contributed by atoms with Crippen molar-refractivity contribution in [3.8, 4) is 0 Å². The van der Waals surface area contributed by atoms with Crippen LogP contribution >= 0.6 is 0 Å². The number of aromatic nitrogens is 2. The molecule has 154 valence electrons. The minimum Gasteiger partial charge on any atom is -0.450 e. The Morgan fingerprint density at radius 3 is 2.61 bits per heavy atom. The van der Waals surface area contributed by atoms with Gasteiger partial charge in [0.1, 0.15) is 5.69 Å². The molecule has 2 amide bonds. The first-order chi connectivity index (χ1) is 13.5. The summed E-state index contributed by atoms with van der Waals surface area (Å²) in [5.74, 6) is 1.00. The molecular formula is C20H31N5O3. The van der Waals surface area contributed by atoms with E-state index in [2.05, 4.69) is 22.2 Å². The van der Waals surface area contributed by atoms with Crippen molar-refractivity contribution in [2.24, 2.45) is 5.92 Å². The van der Waals surface area contributed by atoms with Crippen LogP contribution in [-0.4, -0.2) is 70.6 Å². The molecule has 0 spiro atoms. The molecule has 1 aromatic heterocycles. The zero-order valence-corrected chi connectivity index (χ0v) is 17.1. The highest BCUT2D eigenvalue weighted by atomic mass is 16.6. The van der Waals surface area contributed by atoms with Crippen LogP contribution in [0.2, 0.25) is 0 Å². The van der Waals surface area contributed by atoms with Crippen LogP contribution in [-0.2, 0) is 4.74 Å². The summed E-state index contributed by atoms with van der Waals surface area (Å²) in [5, 5.41) is 3.35. The van der Waals surface area contributed by atoms with Crippen LogP contribution in [0.3, 0.4) is 0 Å². The Balaban J connectivity index is 1.61. The van der Waals surface area contributed by atoms with Gasteiger partial charge in [-0.1, -0.05) is 6.92 Å². The smallest absolute Gasteiger partial charge is 0.409 e. The number of aryl methyl sites for hydroxylation is 1.